The van der Waals surface area contributed by atoms with Crippen molar-refractivity contribution >= 4 is 23.2 Å². The van der Waals surface area contributed by atoms with Gasteiger partial charge in [0.15, 0.2) is 0 Å². The summed E-state index contributed by atoms with van der Waals surface area (Å²) in [5, 5.41) is 16.5. The highest BCUT2D eigenvalue weighted by atomic mass is 19.1. The number of aliphatic hydroxyl groups excluding tert-OH is 1. The van der Waals surface area contributed by atoms with Crippen molar-refractivity contribution in [2.24, 2.45) is 5.92 Å². The Balaban J connectivity index is 1.46. The first-order valence-electron chi connectivity index (χ1n) is 15.0. The number of carbonyl (C=O) groups is 2. The van der Waals surface area contributed by atoms with Crippen LogP contribution in [-0.4, -0.2) is 40.5 Å². The van der Waals surface area contributed by atoms with Crippen molar-refractivity contribution in [2.45, 2.75) is 83.4 Å². The van der Waals surface area contributed by atoms with Gasteiger partial charge in [0, 0.05) is 24.0 Å². The average molecular weight is 572 g/mol. The molecule has 1 aliphatic carbocycles. The van der Waals surface area contributed by atoms with Crippen LogP contribution in [0.3, 0.4) is 0 Å². The smallest absolute Gasteiger partial charge is 0.257 e. The largest absolute Gasteiger partial charge is 0.393 e. The van der Waals surface area contributed by atoms with Gasteiger partial charge in [-0.1, -0.05) is 57.2 Å². The van der Waals surface area contributed by atoms with Crippen LogP contribution >= 0.6 is 0 Å². The van der Waals surface area contributed by atoms with Crippen molar-refractivity contribution in [2.75, 3.05) is 17.2 Å². The summed E-state index contributed by atoms with van der Waals surface area (Å²) in [5.74, 6) is -1.62. The van der Waals surface area contributed by atoms with E-state index in [1.807, 2.05) is 42.5 Å². The van der Waals surface area contributed by atoms with Gasteiger partial charge < -0.3 is 20.6 Å². The molecule has 3 aromatic carbocycles. The van der Waals surface area contributed by atoms with Gasteiger partial charge in [-0.05, 0) is 91.5 Å². The second kappa shape index (κ2) is 12.3. The van der Waals surface area contributed by atoms with Gasteiger partial charge in [0.1, 0.15) is 5.82 Å². The molecule has 4 atom stereocenters. The Hall–Kier alpha value is -3.71. The van der Waals surface area contributed by atoms with E-state index in [0.717, 1.165) is 35.3 Å². The second-order valence-electron chi connectivity index (χ2n) is 12.9. The average Bonchev–Trinajstić information content (AvgIpc) is 3.36. The number of carbonyl (C=O) groups excluding carboxylic acids is 2. The Morgan fingerprint density at radius 2 is 1.69 bits per heavy atom. The lowest BCUT2D eigenvalue weighted by atomic mass is 9.83. The van der Waals surface area contributed by atoms with Crippen molar-refractivity contribution in [3.8, 4) is 0 Å². The van der Waals surface area contributed by atoms with Gasteiger partial charge in [-0.15, -0.1) is 0 Å². The number of halogens is 1. The van der Waals surface area contributed by atoms with Crippen LogP contribution in [0.2, 0.25) is 0 Å². The Labute approximate surface area is 248 Å². The zero-order chi connectivity index (χ0) is 30.0. The van der Waals surface area contributed by atoms with Crippen LogP contribution < -0.4 is 10.6 Å². The maximum atomic E-state index is 15.0. The summed E-state index contributed by atoms with van der Waals surface area (Å²) >= 11 is 0. The lowest BCUT2D eigenvalue weighted by Crippen LogP contribution is -2.46. The highest BCUT2D eigenvalue weighted by molar-refractivity contribution is 5.98. The van der Waals surface area contributed by atoms with Crippen molar-refractivity contribution in [3.05, 3.63) is 94.8 Å². The minimum atomic E-state index is -0.557. The summed E-state index contributed by atoms with van der Waals surface area (Å²) in [7, 11) is 0. The fourth-order valence-corrected chi connectivity index (χ4v) is 6.36. The number of piperidine rings is 1. The molecule has 3 aromatic rings. The molecule has 7 heteroatoms. The van der Waals surface area contributed by atoms with Crippen LogP contribution in [0.5, 0.6) is 0 Å². The van der Waals surface area contributed by atoms with Crippen molar-refractivity contribution in [3.63, 3.8) is 0 Å². The second-order valence-corrected chi connectivity index (χ2v) is 12.9. The number of nitrogens with one attached hydrogen (secondary N) is 2. The normalized spacial score (nSPS) is 22.6. The van der Waals surface area contributed by atoms with Crippen LogP contribution in [0, 0.1) is 18.7 Å². The van der Waals surface area contributed by atoms with Crippen molar-refractivity contribution in [1.29, 1.82) is 0 Å². The molecule has 222 valence electrons. The number of hydrogen-bond acceptors (Lipinski definition) is 4. The van der Waals surface area contributed by atoms with Crippen molar-refractivity contribution in [1.82, 2.24) is 4.90 Å². The number of aryl methyl sites for hydroxylation is 1. The Morgan fingerprint density at radius 1 is 0.952 bits per heavy atom. The fourth-order valence-electron chi connectivity index (χ4n) is 6.36. The van der Waals surface area contributed by atoms with Crippen LogP contribution in [0.4, 0.5) is 15.8 Å². The molecule has 4 unspecified atom stereocenters. The summed E-state index contributed by atoms with van der Waals surface area (Å²) in [4.78, 5) is 29.6. The molecule has 1 aliphatic heterocycles. The van der Waals surface area contributed by atoms with E-state index in [0.29, 0.717) is 31.4 Å². The van der Waals surface area contributed by atoms with Gasteiger partial charge >= 0.3 is 0 Å². The van der Waals surface area contributed by atoms with E-state index in [1.54, 1.807) is 24.0 Å². The van der Waals surface area contributed by atoms with Gasteiger partial charge in [0.05, 0.1) is 23.6 Å². The molecule has 1 saturated heterocycles. The zero-order valence-corrected chi connectivity index (χ0v) is 25.0. The summed E-state index contributed by atoms with van der Waals surface area (Å²) in [6.07, 6.45) is 3.39. The molecule has 0 aromatic heterocycles. The van der Waals surface area contributed by atoms with Crippen LogP contribution in [0.1, 0.15) is 86.0 Å². The van der Waals surface area contributed by atoms with Gasteiger partial charge in [-0.3, -0.25) is 9.59 Å². The maximum absolute atomic E-state index is 15.0. The lowest BCUT2D eigenvalue weighted by molar-refractivity contribution is -0.123. The number of amides is 2. The first-order valence-corrected chi connectivity index (χ1v) is 15.0. The van der Waals surface area contributed by atoms with Gasteiger partial charge in [0.25, 0.3) is 5.91 Å². The van der Waals surface area contributed by atoms with E-state index >= 15 is 0 Å². The number of rotatable bonds is 6. The zero-order valence-electron chi connectivity index (χ0n) is 25.0. The number of benzene rings is 3. The molecule has 2 fully saturated rings. The molecule has 0 radical (unpaired) electrons. The third-order valence-electron chi connectivity index (χ3n) is 8.69. The number of aliphatic hydroxyl groups is 1. The third-order valence-corrected chi connectivity index (χ3v) is 8.69. The Bertz CT molecular complexity index is 1410. The number of hydrogen-bond donors (Lipinski definition) is 3. The van der Waals surface area contributed by atoms with Gasteiger partial charge in [-0.25, -0.2) is 4.39 Å². The summed E-state index contributed by atoms with van der Waals surface area (Å²) < 4.78 is 15.0. The molecule has 6 nitrogen and oxygen atoms in total. The molecule has 1 heterocycles. The highest BCUT2D eigenvalue weighted by Crippen LogP contribution is 2.39. The first-order chi connectivity index (χ1) is 20.0. The molecule has 2 aliphatic rings. The molecule has 0 bridgehead atoms. The van der Waals surface area contributed by atoms with E-state index < -0.39 is 23.7 Å². The van der Waals surface area contributed by atoms with E-state index in [1.165, 1.54) is 6.07 Å². The minimum Gasteiger partial charge on any atom is -0.393 e. The monoisotopic (exact) mass is 571 g/mol. The molecule has 1 saturated carbocycles. The minimum absolute atomic E-state index is 0.0551. The molecular formula is C35H42FN3O3. The predicted molar refractivity (Wildman–Crippen MR) is 165 cm³/mol. The molecule has 2 amide bonds. The summed E-state index contributed by atoms with van der Waals surface area (Å²) in [5.41, 5.74) is 4.15. The molecule has 0 spiro atoms. The van der Waals surface area contributed by atoms with Gasteiger partial charge in [-0.2, -0.15) is 0 Å². The van der Waals surface area contributed by atoms with Crippen LogP contribution in [0.15, 0.2) is 66.7 Å². The Morgan fingerprint density at radius 3 is 2.36 bits per heavy atom. The standard InChI is InChI=1S/C35H42FN3O3/c1-22-8-5-12-30(36)31(22)34(42)39-19-7-11-29(33(41)38-26-10-6-9-24(20-26)35(2,3)4)32(39)23-13-15-25(16-14-23)37-27-17-18-28(40)21-27/h5-6,8-10,12-16,20,27-29,32,37,40H,7,11,17-19,21H2,1-4H3,(H,38,41). The van der Waals surface area contributed by atoms with E-state index in [-0.39, 0.29) is 29.0 Å². The maximum Gasteiger partial charge on any atom is 0.257 e. The molecule has 3 N–H and O–H groups in total. The number of nitrogens with zero attached hydrogens (tertiary/aromatic N) is 1. The first kappa shape index (κ1) is 29.8. The molecule has 42 heavy (non-hydrogen) atoms. The van der Waals surface area contributed by atoms with Crippen molar-refractivity contribution < 1.29 is 19.1 Å². The SMILES string of the molecule is Cc1cccc(F)c1C(=O)N1CCCC(C(=O)Nc2cccc(C(C)(C)C)c2)C1c1ccc(NC2CCC(O)C2)cc1. The van der Waals surface area contributed by atoms with E-state index in [2.05, 4.69) is 37.5 Å². The number of likely N-dealkylation sites (tertiary alicyclic amines) is 1. The number of anilines is 2. The van der Waals surface area contributed by atoms with Crippen LogP contribution in [0.25, 0.3) is 0 Å². The van der Waals surface area contributed by atoms with E-state index in [4.69, 9.17) is 0 Å². The summed E-state index contributed by atoms with van der Waals surface area (Å²) in [6, 6.07) is 20.0. The topological polar surface area (TPSA) is 81.7 Å². The molecule has 5 rings (SSSR count). The van der Waals surface area contributed by atoms with Gasteiger partial charge in [0.2, 0.25) is 5.91 Å². The lowest BCUT2D eigenvalue weighted by Gasteiger charge is -2.41. The predicted octanol–water partition coefficient (Wildman–Crippen LogP) is 6.99. The van der Waals surface area contributed by atoms with E-state index in [9.17, 15) is 19.1 Å². The fraction of sp³-hybridized carbons (Fsp3) is 0.429. The van der Waals surface area contributed by atoms with Crippen LogP contribution in [-0.2, 0) is 10.2 Å². The molecular weight excluding hydrogens is 529 g/mol. The third kappa shape index (κ3) is 6.51. The summed E-state index contributed by atoms with van der Waals surface area (Å²) in [6.45, 7) is 8.56. The Kier molecular flexibility index (Phi) is 8.69. The highest BCUT2D eigenvalue weighted by Gasteiger charge is 2.40. The quantitative estimate of drug-likeness (QED) is 0.298.